The summed E-state index contributed by atoms with van der Waals surface area (Å²) in [6.45, 7) is 0. The molecule has 3 aliphatic rings. The molecule has 98 valence electrons. The fraction of sp³-hybridized carbons (Fsp3) is 0.357. The van der Waals surface area contributed by atoms with Gasteiger partial charge in [0.15, 0.2) is 0 Å². The first-order chi connectivity index (χ1) is 9.00. The SMILES string of the molecule is NC12CC(n3cnc(-c4ccc(Cl)c(F)c4)c3)(C1)C2. The molecule has 0 aliphatic heterocycles. The summed E-state index contributed by atoms with van der Waals surface area (Å²) in [6, 6.07) is 4.76. The van der Waals surface area contributed by atoms with Gasteiger partial charge >= 0.3 is 0 Å². The smallest absolute Gasteiger partial charge is 0.142 e. The van der Waals surface area contributed by atoms with E-state index in [0.717, 1.165) is 30.5 Å². The first-order valence-electron chi connectivity index (χ1n) is 6.29. The molecule has 0 radical (unpaired) electrons. The number of aromatic nitrogens is 2. The number of imidazole rings is 1. The second kappa shape index (κ2) is 3.38. The van der Waals surface area contributed by atoms with E-state index in [1.165, 1.54) is 6.07 Å². The van der Waals surface area contributed by atoms with Crippen molar-refractivity contribution in [1.82, 2.24) is 9.55 Å². The minimum absolute atomic E-state index is 0.0663. The van der Waals surface area contributed by atoms with Crippen LogP contribution in [0.5, 0.6) is 0 Å². The molecule has 3 saturated carbocycles. The normalized spacial score (nSPS) is 31.7. The van der Waals surface area contributed by atoms with Crippen LogP contribution in [0.3, 0.4) is 0 Å². The maximum absolute atomic E-state index is 13.5. The number of nitrogens with zero attached hydrogens (tertiary/aromatic N) is 2. The number of hydrogen-bond donors (Lipinski definition) is 1. The Morgan fingerprint density at radius 2 is 2.05 bits per heavy atom. The fourth-order valence-electron chi connectivity index (χ4n) is 3.47. The van der Waals surface area contributed by atoms with Crippen molar-refractivity contribution >= 4 is 11.6 Å². The third-order valence-electron chi connectivity index (χ3n) is 4.39. The van der Waals surface area contributed by atoms with Crippen LogP contribution < -0.4 is 5.73 Å². The summed E-state index contributed by atoms with van der Waals surface area (Å²) in [5, 5.41) is 0.132. The zero-order valence-electron chi connectivity index (χ0n) is 10.2. The van der Waals surface area contributed by atoms with Crippen molar-refractivity contribution in [3.63, 3.8) is 0 Å². The molecule has 2 N–H and O–H groups in total. The average Bonchev–Trinajstić information content (AvgIpc) is 2.77. The lowest BCUT2D eigenvalue weighted by atomic mass is 9.44. The van der Waals surface area contributed by atoms with E-state index in [2.05, 4.69) is 9.55 Å². The number of rotatable bonds is 2. The van der Waals surface area contributed by atoms with Gasteiger partial charge in [-0.25, -0.2) is 9.37 Å². The van der Waals surface area contributed by atoms with Crippen molar-refractivity contribution in [3.05, 3.63) is 41.6 Å². The van der Waals surface area contributed by atoms with Gasteiger partial charge in [-0.2, -0.15) is 0 Å². The lowest BCUT2D eigenvalue weighted by Gasteiger charge is -2.69. The Labute approximate surface area is 115 Å². The molecule has 0 spiro atoms. The highest BCUT2D eigenvalue weighted by Gasteiger charge is 2.67. The number of benzene rings is 1. The highest BCUT2D eigenvalue weighted by Crippen LogP contribution is 2.63. The lowest BCUT2D eigenvalue weighted by molar-refractivity contribution is -0.114. The highest BCUT2D eigenvalue weighted by molar-refractivity contribution is 6.30. The summed E-state index contributed by atoms with van der Waals surface area (Å²) in [5.74, 6) is -0.417. The Morgan fingerprint density at radius 1 is 1.32 bits per heavy atom. The van der Waals surface area contributed by atoms with Crippen LogP contribution in [0.2, 0.25) is 5.02 Å². The molecule has 2 bridgehead atoms. The summed E-state index contributed by atoms with van der Waals surface area (Å²) in [6.07, 6.45) is 6.85. The Morgan fingerprint density at radius 3 is 2.68 bits per heavy atom. The van der Waals surface area contributed by atoms with Crippen LogP contribution in [0, 0.1) is 5.82 Å². The van der Waals surface area contributed by atoms with E-state index in [1.807, 2.05) is 12.5 Å². The molecule has 5 heteroatoms. The van der Waals surface area contributed by atoms with Crippen LogP contribution in [-0.2, 0) is 5.54 Å². The van der Waals surface area contributed by atoms with Gasteiger partial charge in [0.05, 0.1) is 22.6 Å². The second-order valence-electron chi connectivity index (χ2n) is 5.91. The maximum Gasteiger partial charge on any atom is 0.142 e. The van der Waals surface area contributed by atoms with Crippen molar-refractivity contribution in [2.24, 2.45) is 5.73 Å². The third-order valence-corrected chi connectivity index (χ3v) is 4.70. The van der Waals surface area contributed by atoms with Crippen LogP contribution in [0.4, 0.5) is 4.39 Å². The molecule has 3 fully saturated rings. The second-order valence-corrected chi connectivity index (χ2v) is 6.32. The Hall–Kier alpha value is -1.39. The van der Waals surface area contributed by atoms with Gasteiger partial charge in [0.25, 0.3) is 0 Å². The summed E-state index contributed by atoms with van der Waals surface area (Å²) < 4.78 is 15.6. The quantitative estimate of drug-likeness (QED) is 0.917. The Balaban J connectivity index is 1.66. The van der Waals surface area contributed by atoms with Gasteiger partial charge < -0.3 is 10.3 Å². The van der Waals surface area contributed by atoms with Crippen molar-refractivity contribution in [3.8, 4) is 11.3 Å². The molecule has 1 aromatic carbocycles. The van der Waals surface area contributed by atoms with E-state index in [1.54, 1.807) is 12.1 Å². The first kappa shape index (κ1) is 11.4. The lowest BCUT2D eigenvalue weighted by Crippen LogP contribution is -2.76. The molecule has 5 rings (SSSR count). The Kier molecular flexibility index (Phi) is 2.03. The molecule has 0 amide bonds. The van der Waals surface area contributed by atoms with Crippen molar-refractivity contribution < 1.29 is 4.39 Å². The number of hydrogen-bond acceptors (Lipinski definition) is 2. The van der Waals surface area contributed by atoms with Crippen LogP contribution in [0.25, 0.3) is 11.3 Å². The van der Waals surface area contributed by atoms with E-state index in [4.69, 9.17) is 17.3 Å². The largest absolute Gasteiger partial charge is 0.331 e. The molecule has 1 aromatic heterocycles. The average molecular weight is 278 g/mol. The molecule has 0 saturated heterocycles. The monoisotopic (exact) mass is 277 g/mol. The van der Waals surface area contributed by atoms with E-state index < -0.39 is 5.82 Å². The van der Waals surface area contributed by atoms with Gasteiger partial charge in [-0.15, -0.1) is 0 Å². The van der Waals surface area contributed by atoms with Crippen LogP contribution in [0.15, 0.2) is 30.7 Å². The Bertz CT molecular complexity index is 659. The zero-order chi connectivity index (χ0) is 13.3. The molecule has 2 aromatic rings. The van der Waals surface area contributed by atoms with Crippen LogP contribution in [-0.4, -0.2) is 15.1 Å². The van der Waals surface area contributed by atoms with Gasteiger partial charge in [-0.3, -0.25) is 0 Å². The van der Waals surface area contributed by atoms with Crippen molar-refractivity contribution in [2.45, 2.75) is 30.3 Å². The van der Waals surface area contributed by atoms with E-state index >= 15 is 0 Å². The van der Waals surface area contributed by atoms with Crippen LogP contribution in [0.1, 0.15) is 19.3 Å². The summed E-state index contributed by atoms with van der Waals surface area (Å²) in [4.78, 5) is 4.37. The molecule has 3 aliphatic carbocycles. The summed E-state index contributed by atoms with van der Waals surface area (Å²) >= 11 is 5.68. The third kappa shape index (κ3) is 1.50. The molecular weight excluding hydrogens is 265 g/mol. The fourth-order valence-corrected chi connectivity index (χ4v) is 3.59. The van der Waals surface area contributed by atoms with Gasteiger partial charge in [-0.1, -0.05) is 17.7 Å². The van der Waals surface area contributed by atoms with Gasteiger partial charge in [0, 0.05) is 17.3 Å². The van der Waals surface area contributed by atoms with E-state index in [9.17, 15) is 4.39 Å². The first-order valence-corrected chi connectivity index (χ1v) is 6.66. The minimum atomic E-state index is -0.417. The summed E-state index contributed by atoms with van der Waals surface area (Å²) in [5.41, 5.74) is 7.82. The van der Waals surface area contributed by atoms with E-state index in [-0.39, 0.29) is 16.1 Å². The van der Waals surface area contributed by atoms with Crippen LogP contribution >= 0.6 is 11.6 Å². The molecule has 3 nitrogen and oxygen atoms in total. The maximum atomic E-state index is 13.5. The summed E-state index contributed by atoms with van der Waals surface area (Å²) in [7, 11) is 0. The highest BCUT2D eigenvalue weighted by atomic mass is 35.5. The van der Waals surface area contributed by atoms with Gasteiger partial charge in [-0.05, 0) is 31.4 Å². The topological polar surface area (TPSA) is 43.8 Å². The number of nitrogens with two attached hydrogens (primary N) is 1. The van der Waals surface area contributed by atoms with E-state index in [0.29, 0.717) is 0 Å². The van der Waals surface area contributed by atoms with Crippen molar-refractivity contribution in [1.29, 1.82) is 0 Å². The molecule has 0 unspecified atom stereocenters. The standard InChI is InChI=1S/C14H13ClFN3/c15-10-2-1-9(3-11(10)16)12-4-19(8-18-12)14-5-13(17,6-14)7-14/h1-4,8H,5-7,17H2. The molecule has 1 heterocycles. The predicted octanol–water partition coefficient (Wildman–Crippen LogP) is 2.93. The van der Waals surface area contributed by atoms with Crippen molar-refractivity contribution in [2.75, 3.05) is 0 Å². The number of halogens is 2. The van der Waals surface area contributed by atoms with Gasteiger partial charge in [0.2, 0.25) is 0 Å². The zero-order valence-corrected chi connectivity index (χ0v) is 11.0. The van der Waals surface area contributed by atoms with Gasteiger partial charge in [0.1, 0.15) is 5.82 Å². The molecular formula is C14H13ClFN3. The molecule has 19 heavy (non-hydrogen) atoms. The predicted molar refractivity (Wildman–Crippen MR) is 71.4 cm³/mol. The molecule has 0 atom stereocenters. The minimum Gasteiger partial charge on any atom is -0.331 e.